The van der Waals surface area contributed by atoms with Crippen molar-refractivity contribution in [2.24, 2.45) is 5.16 Å². The largest absolute Gasteiger partial charge is 0.386 e. The molecule has 0 amide bonds. The molecule has 2 aromatic carbocycles. The van der Waals surface area contributed by atoms with Crippen molar-refractivity contribution < 1.29 is 13.6 Å². The van der Waals surface area contributed by atoms with Crippen LogP contribution in [0.5, 0.6) is 0 Å². The van der Waals surface area contributed by atoms with Crippen molar-refractivity contribution >= 4 is 5.84 Å². The first-order chi connectivity index (χ1) is 14.0. The van der Waals surface area contributed by atoms with Gasteiger partial charge in [-0.2, -0.15) is 0 Å². The molecule has 1 fully saturated rings. The first kappa shape index (κ1) is 18.6. The summed E-state index contributed by atoms with van der Waals surface area (Å²) < 4.78 is 27.7. The van der Waals surface area contributed by atoms with Crippen LogP contribution in [-0.4, -0.2) is 47.9 Å². The molecule has 0 radical (unpaired) electrons. The van der Waals surface area contributed by atoms with Crippen LogP contribution in [0.2, 0.25) is 0 Å². The lowest BCUT2D eigenvalue weighted by Gasteiger charge is -2.40. The second-order valence-corrected chi connectivity index (χ2v) is 8.52. The number of oxime groups is 1. The fourth-order valence-corrected chi connectivity index (χ4v) is 5.08. The first-order valence-corrected chi connectivity index (χ1v) is 10.3. The molecule has 0 bridgehead atoms. The number of benzene rings is 2. The number of hydrogen-bond donors (Lipinski definition) is 0. The molecule has 1 spiro atoms. The predicted octanol–water partition coefficient (Wildman–Crippen LogP) is 4.11. The number of piperidine rings is 1. The summed E-state index contributed by atoms with van der Waals surface area (Å²) >= 11 is 0. The van der Waals surface area contributed by atoms with E-state index in [-0.39, 0.29) is 11.6 Å². The Morgan fingerprint density at radius 2 is 1.97 bits per heavy atom. The molecule has 1 saturated heterocycles. The quantitative estimate of drug-likeness (QED) is 0.725. The molecule has 2 atom stereocenters. The standard InChI is InChI=1S/C23H25F2N3O/c1-27-11-4-10-23(15-27)14-21(26-29-23)28-12-9-16-5-2-3-6-18(16)22(28)17-7-8-19(24)20(25)13-17/h2-3,5-8,13,22H,4,9-12,14-15H2,1H3/t22-,23+/m0/s1. The molecule has 29 heavy (non-hydrogen) atoms. The highest BCUT2D eigenvalue weighted by atomic mass is 19.2. The Morgan fingerprint density at radius 1 is 1.10 bits per heavy atom. The van der Waals surface area contributed by atoms with Crippen molar-refractivity contribution in [2.75, 3.05) is 26.7 Å². The third kappa shape index (κ3) is 3.29. The predicted molar refractivity (Wildman–Crippen MR) is 108 cm³/mol. The third-order valence-corrected chi connectivity index (χ3v) is 6.43. The SMILES string of the molecule is CN1CCC[C@@]2(CC(N3CCc4ccccc4[C@@H]3c3ccc(F)c(F)c3)=NO2)C1. The number of hydrogen-bond acceptors (Lipinski definition) is 4. The van der Waals surface area contributed by atoms with E-state index in [9.17, 15) is 8.78 Å². The van der Waals surface area contributed by atoms with Gasteiger partial charge in [-0.05, 0) is 61.7 Å². The Labute approximate surface area is 169 Å². The van der Waals surface area contributed by atoms with E-state index in [4.69, 9.17) is 4.84 Å². The van der Waals surface area contributed by atoms with E-state index in [2.05, 4.69) is 34.1 Å². The molecule has 5 rings (SSSR count). The molecule has 3 aliphatic heterocycles. The maximum absolute atomic E-state index is 14.1. The zero-order valence-corrected chi connectivity index (χ0v) is 16.6. The molecule has 0 unspecified atom stereocenters. The molecule has 2 aromatic rings. The lowest BCUT2D eigenvalue weighted by Crippen LogP contribution is -2.48. The molecule has 0 saturated carbocycles. The maximum Gasteiger partial charge on any atom is 0.159 e. The summed E-state index contributed by atoms with van der Waals surface area (Å²) in [5, 5.41) is 4.51. The van der Waals surface area contributed by atoms with Crippen molar-refractivity contribution in [1.29, 1.82) is 0 Å². The fourth-order valence-electron chi connectivity index (χ4n) is 5.08. The third-order valence-electron chi connectivity index (χ3n) is 6.43. The van der Waals surface area contributed by atoms with Gasteiger partial charge in [0.25, 0.3) is 0 Å². The summed E-state index contributed by atoms with van der Waals surface area (Å²) in [6.07, 6.45) is 3.72. The van der Waals surface area contributed by atoms with Crippen molar-refractivity contribution in [2.45, 2.75) is 37.3 Å². The first-order valence-electron chi connectivity index (χ1n) is 10.3. The van der Waals surface area contributed by atoms with Gasteiger partial charge in [0, 0.05) is 13.1 Å². The second kappa shape index (κ2) is 7.10. The summed E-state index contributed by atoms with van der Waals surface area (Å²) in [5.74, 6) is -0.736. The summed E-state index contributed by atoms with van der Waals surface area (Å²) in [4.78, 5) is 10.5. The molecule has 3 heterocycles. The van der Waals surface area contributed by atoms with Gasteiger partial charge in [0.1, 0.15) is 5.84 Å². The lowest BCUT2D eigenvalue weighted by atomic mass is 9.85. The van der Waals surface area contributed by atoms with Gasteiger partial charge in [0.2, 0.25) is 0 Å². The molecule has 6 heteroatoms. The minimum absolute atomic E-state index is 0.200. The molecule has 0 N–H and O–H groups in total. The fraction of sp³-hybridized carbons (Fsp3) is 0.435. The average Bonchev–Trinajstić information content (AvgIpc) is 3.12. The lowest BCUT2D eigenvalue weighted by molar-refractivity contribution is -0.0631. The Hall–Kier alpha value is -2.47. The van der Waals surface area contributed by atoms with Gasteiger partial charge in [-0.1, -0.05) is 35.5 Å². The highest BCUT2D eigenvalue weighted by molar-refractivity contribution is 5.85. The summed E-state index contributed by atoms with van der Waals surface area (Å²) in [6.45, 7) is 2.71. The number of nitrogens with zero attached hydrogens (tertiary/aromatic N) is 3. The van der Waals surface area contributed by atoms with E-state index in [1.807, 2.05) is 12.1 Å². The van der Waals surface area contributed by atoms with Gasteiger partial charge < -0.3 is 14.6 Å². The molecule has 0 aliphatic carbocycles. The van der Waals surface area contributed by atoms with Crippen LogP contribution in [0.4, 0.5) is 8.78 Å². The van der Waals surface area contributed by atoms with Crippen molar-refractivity contribution in [3.8, 4) is 0 Å². The molecule has 4 nitrogen and oxygen atoms in total. The smallest absolute Gasteiger partial charge is 0.159 e. The van der Waals surface area contributed by atoms with Crippen LogP contribution in [0.15, 0.2) is 47.6 Å². The second-order valence-electron chi connectivity index (χ2n) is 8.52. The molecular formula is C23H25F2N3O. The summed E-state index contributed by atoms with van der Waals surface area (Å²) in [7, 11) is 2.11. The molecule has 0 aromatic heterocycles. The minimum atomic E-state index is -0.824. The Bertz CT molecular complexity index is 963. The number of rotatable bonds is 1. The van der Waals surface area contributed by atoms with Gasteiger partial charge in [-0.15, -0.1) is 0 Å². The van der Waals surface area contributed by atoms with E-state index >= 15 is 0 Å². The van der Waals surface area contributed by atoms with Crippen molar-refractivity contribution in [3.05, 3.63) is 70.8 Å². The normalized spacial score (nSPS) is 26.9. The Morgan fingerprint density at radius 3 is 2.79 bits per heavy atom. The average molecular weight is 397 g/mol. The van der Waals surface area contributed by atoms with E-state index in [0.717, 1.165) is 62.3 Å². The van der Waals surface area contributed by atoms with Crippen LogP contribution in [-0.2, 0) is 11.3 Å². The van der Waals surface area contributed by atoms with Crippen molar-refractivity contribution in [3.63, 3.8) is 0 Å². The van der Waals surface area contributed by atoms with Crippen LogP contribution in [0.25, 0.3) is 0 Å². The van der Waals surface area contributed by atoms with E-state index in [1.54, 1.807) is 6.07 Å². The zero-order chi connectivity index (χ0) is 20.0. The van der Waals surface area contributed by atoms with Gasteiger partial charge in [-0.25, -0.2) is 8.78 Å². The van der Waals surface area contributed by atoms with Gasteiger partial charge in [0.15, 0.2) is 17.2 Å². The summed E-state index contributed by atoms with van der Waals surface area (Å²) in [6, 6.07) is 12.2. The van der Waals surface area contributed by atoms with E-state index in [1.165, 1.54) is 17.7 Å². The number of likely N-dealkylation sites (N-methyl/N-ethyl adjacent to an activating group) is 1. The highest BCUT2D eigenvalue weighted by Gasteiger charge is 2.45. The van der Waals surface area contributed by atoms with E-state index in [0.29, 0.717) is 0 Å². The van der Waals surface area contributed by atoms with Gasteiger partial charge in [-0.3, -0.25) is 0 Å². The molecular weight excluding hydrogens is 372 g/mol. The molecule has 152 valence electrons. The maximum atomic E-state index is 14.1. The van der Waals surface area contributed by atoms with Crippen LogP contribution in [0, 0.1) is 11.6 Å². The van der Waals surface area contributed by atoms with Gasteiger partial charge in [0.05, 0.1) is 12.5 Å². The van der Waals surface area contributed by atoms with Crippen molar-refractivity contribution in [1.82, 2.24) is 9.80 Å². The Kier molecular flexibility index (Phi) is 4.54. The highest BCUT2D eigenvalue weighted by Crippen LogP contribution is 2.40. The number of fused-ring (bicyclic) bond motifs is 1. The van der Waals surface area contributed by atoms with Crippen LogP contribution in [0.1, 0.15) is 42.0 Å². The number of halogens is 2. The Balaban J connectivity index is 1.51. The van der Waals surface area contributed by atoms with Crippen LogP contribution >= 0.6 is 0 Å². The van der Waals surface area contributed by atoms with Gasteiger partial charge >= 0.3 is 0 Å². The van der Waals surface area contributed by atoms with Crippen LogP contribution < -0.4 is 0 Å². The zero-order valence-electron chi connectivity index (χ0n) is 16.6. The monoisotopic (exact) mass is 397 g/mol. The van der Waals surface area contributed by atoms with Crippen LogP contribution in [0.3, 0.4) is 0 Å². The molecule has 3 aliphatic rings. The summed E-state index contributed by atoms with van der Waals surface area (Å²) in [5.41, 5.74) is 2.83. The minimum Gasteiger partial charge on any atom is -0.386 e. The van der Waals surface area contributed by atoms with E-state index < -0.39 is 11.6 Å². The topological polar surface area (TPSA) is 28.1 Å². The number of amidine groups is 1. The number of likely N-dealkylation sites (tertiary alicyclic amines) is 1.